The highest BCUT2D eigenvalue weighted by molar-refractivity contribution is 7.84. The zero-order chi connectivity index (χ0) is 11.1. The van der Waals surface area contributed by atoms with Crippen molar-refractivity contribution in [1.29, 1.82) is 0 Å². The summed E-state index contributed by atoms with van der Waals surface area (Å²) in [6.07, 6.45) is 0. The van der Waals surface area contributed by atoms with Gasteiger partial charge in [-0.3, -0.25) is 0 Å². The van der Waals surface area contributed by atoms with Crippen LogP contribution in [0.2, 0.25) is 5.02 Å². The molecule has 1 aromatic carbocycles. The van der Waals surface area contributed by atoms with Crippen molar-refractivity contribution in [1.82, 2.24) is 4.31 Å². The van der Waals surface area contributed by atoms with Crippen molar-refractivity contribution in [2.24, 2.45) is 0 Å². The lowest BCUT2D eigenvalue weighted by Crippen LogP contribution is -2.46. The fraction of sp³-hybridized carbons (Fsp3) is 0.333. The average molecular weight is 250 g/mol. The normalized spacial score (nSPS) is 18.8. The van der Waals surface area contributed by atoms with E-state index in [-0.39, 0.29) is 19.0 Å². The van der Waals surface area contributed by atoms with E-state index >= 15 is 0 Å². The SMILES string of the molecule is O=S(=O)(F)N1CC(c2ccc(Cl)cc2)C1. The van der Waals surface area contributed by atoms with Gasteiger partial charge in [-0.15, -0.1) is 0 Å². The molecule has 15 heavy (non-hydrogen) atoms. The molecule has 0 spiro atoms. The minimum absolute atomic E-state index is 0.0767. The Balaban J connectivity index is 2.04. The number of hydrogen-bond acceptors (Lipinski definition) is 2. The van der Waals surface area contributed by atoms with E-state index in [9.17, 15) is 12.3 Å². The lowest BCUT2D eigenvalue weighted by molar-refractivity contribution is 0.251. The van der Waals surface area contributed by atoms with Gasteiger partial charge in [0, 0.05) is 24.0 Å². The molecule has 0 unspecified atom stereocenters. The van der Waals surface area contributed by atoms with E-state index in [1.165, 1.54) is 0 Å². The van der Waals surface area contributed by atoms with E-state index in [4.69, 9.17) is 11.6 Å². The van der Waals surface area contributed by atoms with Crippen LogP contribution >= 0.6 is 11.6 Å². The minimum Gasteiger partial charge on any atom is -0.177 e. The Morgan fingerprint density at radius 2 is 1.80 bits per heavy atom. The second-order valence-corrected chi connectivity index (χ2v) is 5.28. The average Bonchev–Trinajstić information content (AvgIpc) is 2.03. The molecule has 0 aromatic heterocycles. The zero-order valence-corrected chi connectivity index (χ0v) is 9.30. The third kappa shape index (κ3) is 2.30. The molecule has 3 nitrogen and oxygen atoms in total. The van der Waals surface area contributed by atoms with Crippen LogP contribution in [0.4, 0.5) is 3.89 Å². The van der Waals surface area contributed by atoms with Crippen molar-refractivity contribution in [2.75, 3.05) is 13.1 Å². The maximum Gasteiger partial charge on any atom is 0.374 e. The van der Waals surface area contributed by atoms with Gasteiger partial charge in [0.1, 0.15) is 0 Å². The Morgan fingerprint density at radius 1 is 1.27 bits per heavy atom. The van der Waals surface area contributed by atoms with Gasteiger partial charge in [-0.25, -0.2) is 0 Å². The van der Waals surface area contributed by atoms with E-state index in [0.29, 0.717) is 5.02 Å². The Morgan fingerprint density at radius 3 is 2.27 bits per heavy atom. The van der Waals surface area contributed by atoms with E-state index < -0.39 is 10.4 Å². The predicted molar refractivity (Wildman–Crippen MR) is 55.8 cm³/mol. The molecule has 0 bridgehead atoms. The molecular weight excluding hydrogens is 241 g/mol. The number of halogens is 2. The summed E-state index contributed by atoms with van der Waals surface area (Å²) < 4.78 is 34.2. The number of hydrogen-bond donors (Lipinski definition) is 0. The van der Waals surface area contributed by atoms with Crippen LogP contribution < -0.4 is 0 Å². The van der Waals surface area contributed by atoms with E-state index in [1.807, 2.05) is 12.1 Å². The molecular formula is C9H9ClFNO2S. The summed E-state index contributed by atoms with van der Waals surface area (Å²) in [6.45, 7) is 0.418. The highest BCUT2D eigenvalue weighted by Gasteiger charge is 2.36. The summed E-state index contributed by atoms with van der Waals surface area (Å²) >= 11 is 5.71. The van der Waals surface area contributed by atoms with Crippen molar-refractivity contribution in [2.45, 2.75) is 5.92 Å². The molecule has 1 saturated heterocycles. The fourth-order valence-electron chi connectivity index (χ4n) is 1.56. The molecule has 1 aliphatic rings. The molecule has 6 heteroatoms. The molecule has 0 N–H and O–H groups in total. The van der Waals surface area contributed by atoms with Gasteiger partial charge >= 0.3 is 10.4 Å². The highest BCUT2D eigenvalue weighted by Crippen LogP contribution is 2.30. The van der Waals surface area contributed by atoms with Crippen LogP contribution in [0.1, 0.15) is 11.5 Å². The van der Waals surface area contributed by atoms with Gasteiger partial charge in [0.2, 0.25) is 0 Å². The molecule has 0 amide bonds. The summed E-state index contributed by atoms with van der Waals surface area (Å²) in [6, 6.07) is 7.14. The van der Waals surface area contributed by atoms with Gasteiger partial charge in [-0.05, 0) is 17.7 Å². The number of benzene rings is 1. The minimum atomic E-state index is -4.51. The largest absolute Gasteiger partial charge is 0.374 e. The lowest BCUT2D eigenvalue weighted by atomic mass is 9.94. The van der Waals surface area contributed by atoms with Crippen molar-refractivity contribution in [3.05, 3.63) is 34.9 Å². The van der Waals surface area contributed by atoms with E-state index in [0.717, 1.165) is 9.87 Å². The van der Waals surface area contributed by atoms with Gasteiger partial charge < -0.3 is 0 Å². The standard InChI is InChI=1S/C9H9ClFNO2S/c10-9-3-1-7(2-4-9)8-5-12(6-8)15(11,13)14/h1-4,8H,5-6H2. The summed E-state index contributed by atoms with van der Waals surface area (Å²) in [5.74, 6) is 0.0767. The first kappa shape index (κ1) is 10.9. The van der Waals surface area contributed by atoms with Gasteiger partial charge in [-0.1, -0.05) is 27.6 Å². The summed E-state index contributed by atoms with van der Waals surface area (Å²) in [7, 11) is -4.51. The van der Waals surface area contributed by atoms with Crippen LogP contribution in [0.3, 0.4) is 0 Å². The highest BCUT2D eigenvalue weighted by atomic mass is 35.5. The zero-order valence-electron chi connectivity index (χ0n) is 7.73. The first-order chi connectivity index (χ1) is 6.97. The second-order valence-electron chi connectivity index (χ2n) is 3.51. The van der Waals surface area contributed by atoms with Crippen LogP contribution in [-0.4, -0.2) is 25.8 Å². The number of rotatable bonds is 2. The second kappa shape index (κ2) is 3.73. The molecule has 2 rings (SSSR count). The molecule has 0 atom stereocenters. The molecule has 0 saturated carbocycles. The maximum absolute atomic E-state index is 12.5. The Hall–Kier alpha value is -0.650. The Kier molecular flexibility index (Phi) is 2.70. The van der Waals surface area contributed by atoms with Crippen LogP contribution in [0.15, 0.2) is 24.3 Å². The molecule has 0 radical (unpaired) electrons. The third-order valence-electron chi connectivity index (χ3n) is 2.50. The van der Waals surface area contributed by atoms with Crippen LogP contribution in [-0.2, 0) is 10.4 Å². The summed E-state index contributed by atoms with van der Waals surface area (Å²) in [4.78, 5) is 0. The van der Waals surface area contributed by atoms with Gasteiger partial charge in [-0.2, -0.15) is 12.7 Å². The van der Waals surface area contributed by atoms with Gasteiger partial charge in [0.15, 0.2) is 0 Å². The molecule has 1 heterocycles. The molecule has 82 valence electrons. The molecule has 1 aliphatic heterocycles. The monoisotopic (exact) mass is 249 g/mol. The first-order valence-corrected chi connectivity index (χ1v) is 6.14. The number of nitrogens with zero attached hydrogens (tertiary/aromatic N) is 1. The van der Waals surface area contributed by atoms with Gasteiger partial charge in [0.25, 0.3) is 0 Å². The molecule has 1 fully saturated rings. The van der Waals surface area contributed by atoms with Crippen molar-refractivity contribution < 1.29 is 12.3 Å². The topological polar surface area (TPSA) is 37.4 Å². The van der Waals surface area contributed by atoms with Crippen molar-refractivity contribution >= 4 is 22.0 Å². The summed E-state index contributed by atoms with van der Waals surface area (Å²) in [5, 5.41) is 0.632. The quantitative estimate of drug-likeness (QED) is 0.752. The Labute approximate surface area is 92.8 Å². The molecule has 1 aromatic rings. The predicted octanol–water partition coefficient (Wildman–Crippen LogP) is 1.95. The van der Waals surface area contributed by atoms with Crippen molar-refractivity contribution in [3.63, 3.8) is 0 Å². The maximum atomic E-state index is 12.5. The molecule has 0 aliphatic carbocycles. The van der Waals surface area contributed by atoms with Crippen LogP contribution in [0.5, 0.6) is 0 Å². The van der Waals surface area contributed by atoms with E-state index in [1.54, 1.807) is 12.1 Å². The Bertz CT molecular complexity index is 454. The fourth-order valence-corrected chi connectivity index (χ4v) is 2.40. The van der Waals surface area contributed by atoms with E-state index in [2.05, 4.69) is 0 Å². The van der Waals surface area contributed by atoms with Gasteiger partial charge in [0.05, 0.1) is 0 Å². The smallest absolute Gasteiger partial charge is 0.177 e. The van der Waals surface area contributed by atoms with Crippen LogP contribution in [0, 0.1) is 0 Å². The first-order valence-electron chi connectivity index (χ1n) is 4.42. The lowest BCUT2D eigenvalue weighted by Gasteiger charge is -2.35. The summed E-state index contributed by atoms with van der Waals surface area (Å²) in [5.41, 5.74) is 0.985. The van der Waals surface area contributed by atoms with Crippen molar-refractivity contribution in [3.8, 4) is 0 Å². The third-order valence-corrected chi connectivity index (χ3v) is 3.66. The van der Waals surface area contributed by atoms with Crippen LogP contribution in [0.25, 0.3) is 0 Å².